The third kappa shape index (κ3) is 2.82. The van der Waals surface area contributed by atoms with Gasteiger partial charge in [0.1, 0.15) is 5.69 Å². The molecule has 1 unspecified atom stereocenters. The molecule has 5 heteroatoms. The van der Waals surface area contributed by atoms with Crippen LogP contribution in [0, 0.1) is 6.92 Å². The molecule has 1 amide bonds. The van der Waals surface area contributed by atoms with E-state index < -0.39 is 0 Å². The van der Waals surface area contributed by atoms with E-state index >= 15 is 0 Å². The summed E-state index contributed by atoms with van der Waals surface area (Å²) in [6.45, 7) is 3.64. The monoisotopic (exact) mass is 322 g/mol. The number of nitrogens with one attached hydrogen (secondary N) is 1. The molecule has 1 aliphatic rings. The van der Waals surface area contributed by atoms with Crippen molar-refractivity contribution in [3.05, 3.63) is 54.0 Å². The number of nitrogens with zero attached hydrogens (tertiary/aromatic N) is 3. The highest BCUT2D eigenvalue weighted by Crippen LogP contribution is 2.23. The first-order valence-electron chi connectivity index (χ1n) is 8.58. The van der Waals surface area contributed by atoms with E-state index in [9.17, 15) is 4.79 Å². The molecule has 0 spiro atoms. The summed E-state index contributed by atoms with van der Waals surface area (Å²) in [4.78, 5) is 18.4. The predicted octanol–water partition coefficient (Wildman–Crippen LogP) is 3.37. The lowest BCUT2D eigenvalue weighted by atomic mass is 10.0. The molecule has 4 rings (SSSR count). The van der Waals surface area contributed by atoms with Crippen molar-refractivity contribution >= 4 is 16.8 Å². The second kappa shape index (κ2) is 6.15. The van der Waals surface area contributed by atoms with E-state index in [1.54, 1.807) is 6.20 Å². The molecule has 1 atom stereocenters. The summed E-state index contributed by atoms with van der Waals surface area (Å²) in [6.07, 6.45) is 7.02. The minimum absolute atomic E-state index is 0.0979. The number of aromatic amines is 1. The normalized spacial score (nSPS) is 18.2. The molecule has 0 bridgehead atoms. The molecule has 1 fully saturated rings. The number of carbonyl (C=O) groups excluding carboxylic acids is 1. The summed E-state index contributed by atoms with van der Waals surface area (Å²) < 4.78 is 1.92. The highest BCUT2D eigenvalue weighted by molar-refractivity contribution is 5.98. The number of aromatic nitrogens is 3. The van der Waals surface area contributed by atoms with Gasteiger partial charge < -0.3 is 9.88 Å². The topological polar surface area (TPSA) is 53.9 Å². The van der Waals surface area contributed by atoms with Gasteiger partial charge in [0.15, 0.2) is 0 Å². The van der Waals surface area contributed by atoms with Crippen molar-refractivity contribution in [1.82, 2.24) is 19.7 Å². The highest BCUT2D eigenvalue weighted by atomic mass is 16.2. The number of benzene rings is 1. The molecule has 2 aromatic heterocycles. The Morgan fingerprint density at radius 1 is 1.33 bits per heavy atom. The van der Waals surface area contributed by atoms with Gasteiger partial charge in [-0.3, -0.25) is 9.48 Å². The Hall–Kier alpha value is -2.56. The molecule has 1 N–H and O–H groups in total. The SMILES string of the molecule is Cc1ccc2cc(C(=O)N3CCCCC3Cn3cccn3)[nH]c2c1. The van der Waals surface area contributed by atoms with E-state index in [2.05, 4.69) is 35.2 Å². The fourth-order valence-electron chi connectivity index (χ4n) is 3.59. The van der Waals surface area contributed by atoms with Crippen LogP contribution >= 0.6 is 0 Å². The van der Waals surface area contributed by atoms with E-state index in [1.807, 2.05) is 27.9 Å². The van der Waals surface area contributed by atoms with E-state index in [0.717, 1.165) is 36.8 Å². The molecule has 3 heterocycles. The van der Waals surface area contributed by atoms with E-state index in [4.69, 9.17) is 0 Å². The van der Waals surface area contributed by atoms with Gasteiger partial charge in [-0.2, -0.15) is 5.10 Å². The Labute approximate surface area is 141 Å². The number of hydrogen-bond donors (Lipinski definition) is 1. The Balaban J connectivity index is 1.60. The summed E-state index contributed by atoms with van der Waals surface area (Å²) in [6, 6.07) is 10.3. The first kappa shape index (κ1) is 15.0. The van der Waals surface area contributed by atoms with Gasteiger partial charge in [-0.1, -0.05) is 12.1 Å². The van der Waals surface area contributed by atoms with Crippen molar-refractivity contribution in [1.29, 1.82) is 0 Å². The second-order valence-electron chi connectivity index (χ2n) is 6.65. The molecule has 3 aromatic rings. The van der Waals surface area contributed by atoms with Crippen LogP contribution in [0.3, 0.4) is 0 Å². The maximum absolute atomic E-state index is 13.1. The standard InChI is InChI=1S/C19H22N4O/c1-14-6-7-15-12-18(21-17(15)11-14)19(24)23-10-3-2-5-16(23)13-22-9-4-8-20-22/h4,6-9,11-12,16,21H,2-3,5,10,13H2,1H3. The number of H-pyrrole nitrogens is 1. The van der Waals surface area contributed by atoms with Crippen LogP contribution in [0.25, 0.3) is 10.9 Å². The van der Waals surface area contributed by atoms with Crippen molar-refractivity contribution in [2.45, 2.75) is 38.8 Å². The number of fused-ring (bicyclic) bond motifs is 1. The van der Waals surface area contributed by atoms with Crippen LogP contribution in [0.1, 0.15) is 35.3 Å². The van der Waals surface area contributed by atoms with Crippen LogP contribution in [0.5, 0.6) is 0 Å². The predicted molar refractivity (Wildman–Crippen MR) is 93.9 cm³/mol. The fourth-order valence-corrected chi connectivity index (χ4v) is 3.59. The van der Waals surface area contributed by atoms with Crippen molar-refractivity contribution in [2.75, 3.05) is 6.54 Å². The Kier molecular flexibility index (Phi) is 3.84. The maximum Gasteiger partial charge on any atom is 0.270 e. The van der Waals surface area contributed by atoms with Gasteiger partial charge in [0.25, 0.3) is 5.91 Å². The van der Waals surface area contributed by atoms with E-state index in [-0.39, 0.29) is 11.9 Å². The van der Waals surface area contributed by atoms with Crippen LogP contribution in [0.15, 0.2) is 42.7 Å². The minimum Gasteiger partial charge on any atom is -0.351 e. The van der Waals surface area contributed by atoms with E-state index in [1.165, 1.54) is 12.0 Å². The second-order valence-corrected chi connectivity index (χ2v) is 6.65. The van der Waals surface area contributed by atoms with Crippen molar-refractivity contribution in [3.63, 3.8) is 0 Å². The zero-order valence-corrected chi connectivity index (χ0v) is 13.9. The smallest absolute Gasteiger partial charge is 0.270 e. The summed E-state index contributed by atoms with van der Waals surface area (Å²) in [5, 5.41) is 5.38. The number of rotatable bonds is 3. The summed E-state index contributed by atoms with van der Waals surface area (Å²) in [5.74, 6) is 0.0979. The molecule has 24 heavy (non-hydrogen) atoms. The lowest BCUT2D eigenvalue weighted by Gasteiger charge is -2.35. The van der Waals surface area contributed by atoms with E-state index in [0.29, 0.717) is 5.69 Å². The number of amides is 1. The molecule has 0 saturated carbocycles. The van der Waals surface area contributed by atoms with Crippen LogP contribution in [0.2, 0.25) is 0 Å². The summed E-state index contributed by atoms with van der Waals surface area (Å²) in [7, 11) is 0. The molecule has 1 aliphatic heterocycles. The fraction of sp³-hybridized carbons (Fsp3) is 0.368. The molecular formula is C19H22N4O. The number of hydrogen-bond acceptors (Lipinski definition) is 2. The Bertz CT molecular complexity index is 850. The third-order valence-electron chi connectivity index (χ3n) is 4.85. The number of carbonyl (C=O) groups is 1. The van der Waals surface area contributed by atoms with Gasteiger partial charge >= 0.3 is 0 Å². The Morgan fingerprint density at radius 3 is 3.08 bits per heavy atom. The Morgan fingerprint density at radius 2 is 2.25 bits per heavy atom. The average Bonchev–Trinajstić information content (AvgIpc) is 3.23. The quantitative estimate of drug-likeness (QED) is 0.804. The van der Waals surface area contributed by atoms with Gasteiger partial charge in [-0.15, -0.1) is 0 Å². The minimum atomic E-state index is 0.0979. The molecule has 0 radical (unpaired) electrons. The van der Waals surface area contributed by atoms with Gasteiger partial charge in [0.05, 0.1) is 12.6 Å². The van der Waals surface area contributed by atoms with Crippen molar-refractivity contribution < 1.29 is 4.79 Å². The van der Waals surface area contributed by atoms with Crippen LogP contribution in [0.4, 0.5) is 0 Å². The lowest BCUT2D eigenvalue weighted by molar-refractivity contribution is 0.0579. The third-order valence-corrected chi connectivity index (χ3v) is 4.85. The van der Waals surface area contributed by atoms with Crippen LogP contribution in [-0.2, 0) is 6.54 Å². The lowest BCUT2D eigenvalue weighted by Crippen LogP contribution is -2.46. The van der Waals surface area contributed by atoms with Gasteiger partial charge in [-0.25, -0.2) is 0 Å². The number of likely N-dealkylation sites (tertiary alicyclic amines) is 1. The molecule has 0 aliphatic carbocycles. The molecule has 124 valence electrons. The maximum atomic E-state index is 13.1. The number of piperidine rings is 1. The molecule has 1 saturated heterocycles. The average molecular weight is 322 g/mol. The van der Waals surface area contributed by atoms with Gasteiger partial charge in [0.2, 0.25) is 0 Å². The first-order chi connectivity index (χ1) is 11.7. The van der Waals surface area contributed by atoms with Gasteiger partial charge in [0, 0.05) is 29.8 Å². The van der Waals surface area contributed by atoms with Crippen molar-refractivity contribution in [3.8, 4) is 0 Å². The van der Waals surface area contributed by atoms with Crippen LogP contribution in [-0.4, -0.2) is 38.2 Å². The molecular weight excluding hydrogens is 300 g/mol. The first-order valence-corrected chi connectivity index (χ1v) is 8.58. The molecule has 5 nitrogen and oxygen atoms in total. The largest absolute Gasteiger partial charge is 0.351 e. The molecule has 1 aromatic carbocycles. The zero-order chi connectivity index (χ0) is 16.5. The van der Waals surface area contributed by atoms with Crippen molar-refractivity contribution in [2.24, 2.45) is 0 Å². The van der Waals surface area contributed by atoms with Crippen LogP contribution < -0.4 is 0 Å². The van der Waals surface area contributed by atoms with Gasteiger partial charge in [-0.05, 0) is 49.9 Å². The summed E-state index contributed by atoms with van der Waals surface area (Å²) >= 11 is 0. The zero-order valence-electron chi connectivity index (χ0n) is 13.9. The number of aryl methyl sites for hydroxylation is 1. The highest BCUT2D eigenvalue weighted by Gasteiger charge is 2.28. The summed E-state index contributed by atoms with van der Waals surface area (Å²) in [5.41, 5.74) is 2.90.